The number of allylic oxidation sites excluding steroid dienone is 2. The fourth-order valence-electron chi connectivity index (χ4n) is 1.73. The van der Waals surface area contributed by atoms with Crippen LogP contribution in [-0.4, -0.2) is 16.4 Å². The lowest BCUT2D eigenvalue weighted by Gasteiger charge is -2.23. The lowest BCUT2D eigenvalue weighted by atomic mass is 10.1. The Hall–Kier alpha value is -0.0262. The molecule has 0 saturated heterocycles. The van der Waals surface area contributed by atoms with Crippen molar-refractivity contribution in [2.24, 2.45) is 0 Å². The maximum atomic E-state index is 6.24. The number of unbranched alkanes of at least 4 members (excludes halogenated alkanes) is 3. The summed E-state index contributed by atoms with van der Waals surface area (Å²) in [6.07, 6.45) is 8.84. The molecule has 0 rings (SSSR count). The van der Waals surface area contributed by atoms with Gasteiger partial charge >= 0.3 is 0 Å². The van der Waals surface area contributed by atoms with E-state index in [0.29, 0.717) is 0 Å². The highest BCUT2D eigenvalue weighted by Crippen LogP contribution is 2.20. The van der Waals surface area contributed by atoms with Crippen molar-refractivity contribution in [2.45, 2.75) is 84.4 Å². The van der Waals surface area contributed by atoms with E-state index in [1.54, 1.807) is 0 Å². The van der Waals surface area contributed by atoms with E-state index in [4.69, 9.17) is 4.43 Å². The van der Waals surface area contributed by atoms with Crippen LogP contribution in [0.1, 0.15) is 39.0 Å². The fraction of sp³-hybridized carbons (Fsp3) is 0.867. The molecule has 108 valence electrons. The van der Waals surface area contributed by atoms with E-state index in [2.05, 4.69) is 52.3 Å². The fourth-order valence-corrected chi connectivity index (χ4v) is 3.55. The molecule has 18 heavy (non-hydrogen) atoms. The molecule has 1 nitrogen and oxygen atoms in total. The van der Waals surface area contributed by atoms with Crippen molar-refractivity contribution in [3.05, 3.63) is 11.8 Å². The van der Waals surface area contributed by atoms with Gasteiger partial charge in [0.2, 0.25) is 8.32 Å². The molecule has 0 radical (unpaired) electrons. The number of rotatable bonds is 9. The minimum absolute atomic E-state index is 0.991. The average Bonchev–Trinajstić information content (AvgIpc) is 2.17. The van der Waals surface area contributed by atoms with Gasteiger partial charge in [0.15, 0.2) is 0 Å². The Bertz CT molecular complexity index is 246. The van der Waals surface area contributed by atoms with Crippen LogP contribution in [0.25, 0.3) is 0 Å². The van der Waals surface area contributed by atoms with Crippen molar-refractivity contribution in [1.82, 2.24) is 0 Å². The lowest BCUT2D eigenvalue weighted by molar-refractivity contribution is 0.390. The molecule has 0 N–H and O–H groups in total. The molecule has 0 aromatic heterocycles. The molecular weight excluding hydrogens is 252 g/mol. The standard InChI is InChI=1S/C15H34OSi2/c1-8-9-10-11-12-15(16-18(5,6)7)13-14-17(2,3)4/h13H,8-12,14H2,1-7H3/b15-13-. The SMILES string of the molecule is CCCCCC/C(=C/C[Si](C)(C)C)O[Si](C)(C)C. The summed E-state index contributed by atoms with van der Waals surface area (Å²) in [6, 6.07) is 1.25. The van der Waals surface area contributed by atoms with Crippen LogP contribution in [0.15, 0.2) is 11.8 Å². The van der Waals surface area contributed by atoms with Crippen LogP contribution in [-0.2, 0) is 4.43 Å². The Balaban J connectivity index is 4.34. The lowest BCUT2D eigenvalue weighted by Crippen LogP contribution is -2.25. The van der Waals surface area contributed by atoms with E-state index in [1.165, 1.54) is 37.5 Å². The molecule has 0 atom stereocenters. The molecular formula is C15H34OSi2. The molecule has 0 aliphatic carbocycles. The highest BCUT2D eigenvalue weighted by molar-refractivity contribution is 6.76. The summed E-state index contributed by atoms with van der Waals surface area (Å²) in [5.41, 5.74) is 0. The average molecular weight is 287 g/mol. The Kier molecular flexibility index (Phi) is 8.19. The monoisotopic (exact) mass is 286 g/mol. The van der Waals surface area contributed by atoms with Gasteiger partial charge < -0.3 is 4.43 Å². The van der Waals surface area contributed by atoms with Gasteiger partial charge in [0.25, 0.3) is 0 Å². The molecule has 0 aromatic carbocycles. The predicted octanol–water partition coefficient (Wildman–Crippen LogP) is 6.03. The third kappa shape index (κ3) is 12.4. The first kappa shape index (κ1) is 18.0. The van der Waals surface area contributed by atoms with Crippen molar-refractivity contribution in [1.29, 1.82) is 0 Å². The first-order chi connectivity index (χ1) is 8.14. The van der Waals surface area contributed by atoms with Crippen molar-refractivity contribution in [3.8, 4) is 0 Å². The molecule has 0 aliphatic rings. The zero-order chi connectivity index (χ0) is 14.2. The third-order valence-electron chi connectivity index (χ3n) is 2.66. The summed E-state index contributed by atoms with van der Waals surface area (Å²) in [5.74, 6) is 1.28. The summed E-state index contributed by atoms with van der Waals surface area (Å²) in [6.45, 7) is 16.4. The summed E-state index contributed by atoms with van der Waals surface area (Å²) in [5, 5.41) is 0. The molecule has 0 saturated carbocycles. The number of hydrogen-bond donors (Lipinski definition) is 0. The summed E-state index contributed by atoms with van der Waals surface area (Å²) >= 11 is 0. The van der Waals surface area contributed by atoms with E-state index in [9.17, 15) is 0 Å². The molecule has 0 amide bonds. The van der Waals surface area contributed by atoms with Gasteiger partial charge in [-0.3, -0.25) is 0 Å². The maximum absolute atomic E-state index is 6.24. The molecule has 3 heteroatoms. The first-order valence-electron chi connectivity index (χ1n) is 7.52. The smallest absolute Gasteiger partial charge is 0.241 e. The maximum Gasteiger partial charge on any atom is 0.241 e. The number of hydrogen-bond acceptors (Lipinski definition) is 1. The topological polar surface area (TPSA) is 9.23 Å². The normalized spacial score (nSPS) is 13.8. The van der Waals surface area contributed by atoms with Gasteiger partial charge in [0.05, 0.1) is 5.76 Å². The molecule has 0 bridgehead atoms. The minimum atomic E-state index is -1.44. The highest BCUT2D eigenvalue weighted by atomic mass is 28.4. The third-order valence-corrected chi connectivity index (χ3v) is 4.96. The van der Waals surface area contributed by atoms with Gasteiger partial charge in [0.1, 0.15) is 0 Å². The van der Waals surface area contributed by atoms with Crippen LogP contribution < -0.4 is 0 Å². The summed E-state index contributed by atoms with van der Waals surface area (Å²) in [4.78, 5) is 0. The van der Waals surface area contributed by atoms with Crippen molar-refractivity contribution < 1.29 is 4.43 Å². The largest absolute Gasteiger partial charge is 0.548 e. The van der Waals surface area contributed by atoms with E-state index in [0.717, 1.165) is 6.42 Å². The van der Waals surface area contributed by atoms with Crippen molar-refractivity contribution >= 4 is 16.4 Å². The molecule has 0 heterocycles. The van der Waals surface area contributed by atoms with E-state index in [-0.39, 0.29) is 0 Å². The molecule has 0 spiro atoms. The second-order valence-corrected chi connectivity index (χ2v) is 17.4. The van der Waals surface area contributed by atoms with E-state index < -0.39 is 16.4 Å². The first-order valence-corrected chi connectivity index (χ1v) is 14.6. The van der Waals surface area contributed by atoms with Crippen LogP contribution in [0.5, 0.6) is 0 Å². The zero-order valence-electron chi connectivity index (χ0n) is 13.7. The van der Waals surface area contributed by atoms with Gasteiger partial charge in [0, 0.05) is 14.5 Å². The van der Waals surface area contributed by atoms with Gasteiger partial charge in [-0.25, -0.2) is 0 Å². The second kappa shape index (κ2) is 8.21. The quantitative estimate of drug-likeness (QED) is 0.286. The Morgan fingerprint density at radius 3 is 2.00 bits per heavy atom. The highest BCUT2D eigenvalue weighted by Gasteiger charge is 2.18. The van der Waals surface area contributed by atoms with Gasteiger partial charge in [-0.15, -0.1) is 0 Å². The van der Waals surface area contributed by atoms with Crippen molar-refractivity contribution in [2.75, 3.05) is 0 Å². The van der Waals surface area contributed by atoms with Crippen LogP contribution >= 0.6 is 0 Å². The zero-order valence-corrected chi connectivity index (χ0v) is 15.7. The van der Waals surface area contributed by atoms with Crippen LogP contribution in [0.4, 0.5) is 0 Å². The Labute approximate surface area is 117 Å². The Morgan fingerprint density at radius 2 is 1.56 bits per heavy atom. The van der Waals surface area contributed by atoms with Gasteiger partial charge in [-0.2, -0.15) is 0 Å². The van der Waals surface area contributed by atoms with E-state index >= 15 is 0 Å². The van der Waals surface area contributed by atoms with Gasteiger partial charge in [-0.05, 0) is 32.1 Å². The van der Waals surface area contributed by atoms with Crippen LogP contribution in [0, 0.1) is 0 Å². The van der Waals surface area contributed by atoms with Gasteiger partial charge in [-0.1, -0.05) is 51.9 Å². The summed E-state index contributed by atoms with van der Waals surface area (Å²) < 4.78 is 6.24. The minimum Gasteiger partial charge on any atom is -0.548 e. The summed E-state index contributed by atoms with van der Waals surface area (Å²) in [7, 11) is -2.43. The Morgan fingerprint density at radius 1 is 0.944 bits per heavy atom. The van der Waals surface area contributed by atoms with Crippen LogP contribution in [0.2, 0.25) is 45.3 Å². The molecule has 0 fully saturated rings. The molecule has 0 aliphatic heterocycles. The van der Waals surface area contributed by atoms with E-state index in [1.807, 2.05) is 0 Å². The predicted molar refractivity (Wildman–Crippen MR) is 89.4 cm³/mol. The molecule has 0 aromatic rings. The van der Waals surface area contributed by atoms with Crippen molar-refractivity contribution in [3.63, 3.8) is 0 Å². The molecule has 0 unspecified atom stereocenters. The van der Waals surface area contributed by atoms with Crippen LogP contribution in [0.3, 0.4) is 0 Å². The second-order valence-electron chi connectivity index (χ2n) is 7.46.